The Kier molecular flexibility index (Phi) is 32.0. The first-order valence-corrected chi connectivity index (χ1v) is 20.7. The van der Waals surface area contributed by atoms with Gasteiger partial charge in [0.05, 0.1) is 13.2 Å². The first kappa shape index (κ1) is 49.9. The zero-order chi connectivity index (χ0) is 40.2. The zero-order valence-corrected chi connectivity index (χ0v) is 33.6. The maximum atomic E-state index is 12.7. The molecule has 0 spiro atoms. The average molecular weight is 773 g/mol. The van der Waals surface area contributed by atoms with Crippen LogP contribution in [0.25, 0.3) is 0 Å². The van der Waals surface area contributed by atoms with Crippen molar-refractivity contribution < 1.29 is 49.0 Å². The van der Waals surface area contributed by atoms with Gasteiger partial charge in [-0.3, -0.25) is 9.59 Å². The lowest BCUT2D eigenvalue weighted by Crippen LogP contribution is -2.59. The van der Waals surface area contributed by atoms with Crippen molar-refractivity contribution in [1.29, 1.82) is 0 Å². The number of esters is 2. The first-order chi connectivity index (χ1) is 26.8. The predicted octanol–water partition coefficient (Wildman–Crippen LogP) is 8.21. The van der Waals surface area contributed by atoms with Crippen LogP contribution < -0.4 is 0 Å². The van der Waals surface area contributed by atoms with Gasteiger partial charge in [0.2, 0.25) is 0 Å². The van der Waals surface area contributed by atoms with Crippen molar-refractivity contribution in [2.45, 2.75) is 166 Å². The monoisotopic (exact) mass is 773 g/mol. The van der Waals surface area contributed by atoms with Gasteiger partial charge in [-0.25, -0.2) is 0 Å². The van der Waals surface area contributed by atoms with Gasteiger partial charge >= 0.3 is 11.9 Å². The molecule has 4 N–H and O–H groups in total. The van der Waals surface area contributed by atoms with Crippen LogP contribution in [0.5, 0.6) is 0 Å². The van der Waals surface area contributed by atoms with E-state index in [-0.39, 0.29) is 26.1 Å². The number of hydrogen-bond donors (Lipinski definition) is 4. The van der Waals surface area contributed by atoms with Gasteiger partial charge in [0.1, 0.15) is 31.0 Å². The standard InChI is InChI=1S/C45H72O10/c1-3-5-7-9-11-13-15-17-19-21-23-25-27-29-31-33-40(47)52-36-38(37-53-45-44(51)43(50)42(49)39(35-46)55-45)54-41(48)34-32-30-28-26-24-22-20-18-16-14-12-10-8-6-4-2/h5-8,11-14,17-20,24,26,38-39,42-46,49-51H,3-4,9-10,15-16,21-23,25,27-37H2,1-2H3/b7-5-,8-6-,13-11-,14-12-,19-17-,20-18-,26-24-/t38-,39-,42+,43+,44-,45-/m1/s1. The minimum absolute atomic E-state index is 0.168. The number of hydrogen-bond acceptors (Lipinski definition) is 10. The summed E-state index contributed by atoms with van der Waals surface area (Å²) in [6.45, 7) is 3.10. The van der Waals surface area contributed by atoms with Crippen LogP contribution in [0.1, 0.15) is 129 Å². The van der Waals surface area contributed by atoms with E-state index >= 15 is 0 Å². The second kappa shape index (κ2) is 35.3. The van der Waals surface area contributed by atoms with E-state index in [9.17, 15) is 30.0 Å². The fourth-order valence-electron chi connectivity index (χ4n) is 5.54. The van der Waals surface area contributed by atoms with Crippen LogP contribution in [0.4, 0.5) is 0 Å². The summed E-state index contributed by atoms with van der Waals surface area (Å²) >= 11 is 0. The fraction of sp³-hybridized carbons (Fsp3) is 0.644. The Labute approximate surface area is 331 Å². The van der Waals surface area contributed by atoms with E-state index in [1.807, 2.05) is 0 Å². The molecule has 0 unspecified atom stereocenters. The van der Waals surface area contributed by atoms with Crippen molar-refractivity contribution in [3.05, 3.63) is 85.1 Å². The summed E-state index contributed by atoms with van der Waals surface area (Å²) in [6.07, 6.45) is 37.3. The SMILES string of the molecule is CC/C=C\C/C=C\C/C=C\C/C=C\CCCCC(=O)O[C@H](COC(=O)CCCCCCC/C=C\C/C=C\C/C=C\CC)CO[C@@H]1O[C@H](CO)[C@H](O)[C@H](O)[C@H]1O. The molecule has 1 saturated heterocycles. The average Bonchev–Trinajstić information content (AvgIpc) is 3.18. The lowest BCUT2D eigenvalue weighted by molar-refractivity contribution is -0.305. The van der Waals surface area contributed by atoms with Crippen molar-refractivity contribution >= 4 is 11.9 Å². The van der Waals surface area contributed by atoms with Gasteiger partial charge in [-0.15, -0.1) is 0 Å². The highest BCUT2D eigenvalue weighted by atomic mass is 16.7. The molecule has 10 heteroatoms. The smallest absolute Gasteiger partial charge is 0.306 e. The third kappa shape index (κ3) is 27.2. The molecule has 55 heavy (non-hydrogen) atoms. The molecule has 0 bridgehead atoms. The molecule has 1 rings (SSSR count). The fourth-order valence-corrected chi connectivity index (χ4v) is 5.54. The van der Waals surface area contributed by atoms with Gasteiger partial charge in [0.15, 0.2) is 12.4 Å². The van der Waals surface area contributed by atoms with Crippen molar-refractivity contribution in [2.75, 3.05) is 19.8 Å². The quantitative estimate of drug-likeness (QED) is 0.0299. The molecule has 1 aliphatic rings. The molecule has 1 aliphatic heterocycles. The Hall–Kier alpha value is -3.12. The number of carbonyl (C=O) groups is 2. The molecule has 0 saturated carbocycles. The molecule has 0 aromatic heterocycles. The topological polar surface area (TPSA) is 152 Å². The van der Waals surface area contributed by atoms with Crippen LogP contribution in [0, 0.1) is 0 Å². The summed E-state index contributed by atoms with van der Waals surface area (Å²) in [4.78, 5) is 25.2. The van der Waals surface area contributed by atoms with Gasteiger partial charge in [-0.2, -0.15) is 0 Å². The van der Waals surface area contributed by atoms with E-state index in [4.69, 9.17) is 18.9 Å². The summed E-state index contributed by atoms with van der Waals surface area (Å²) in [5.41, 5.74) is 0. The van der Waals surface area contributed by atoms with Crippen molar-refractivity contribution in [3.8, 4) is 0 Å². The van der Waals surface area contributed by atoms with E-state index in [1.54, 1.807) is 0 Å². The Morgan fingerprint density at radius 2 is 1.02 bits per heavy atom. The number of carbonyl (C=O) groups excluding carboxylic acids is 2. The molecule has 1 fully saturated rings. The maximum absolute atomic E-state index is 12.7. The summed E-state index contributed by atoms with van der Waals surface area (Å²) in [5.74, 6) is -0.886. The van der Waals surface area contributed by atoms with Crippen molar-refractivity contribution in [3.63, 3.8) is 0 Å². The van der Waals surface area contributed by atoms with Gasteiger partial charge < -0.3 is 39.4 Å². The Morgan fingerprint density at radius 3 is 1.56 bits per heavy atom. The normalized spacial score (nSPS) is 21.5. The third-order valence-corrected chi connectivity index (χ3v) is 8.78. The molecule has 10 nitrogen and oxygen atoms in total. The van der Waals surface area contributed by atoms with Gasteiger partial charge in [0.25, 0.3) is 0 Å². The van der Waals surface area contributed by atoms with Gasteiger partial charge in [0, 0.05) is 12.8 Å². The molecular formula is C45H72O10. The molecule has 0 aliphatic carbocycles. The number of aliphatic hydroxyl groups excluding tert-OH is 4. The van der Waals surface area contributed by atoms with Gasteiger partial charge in [-0.1, -0.05) is 118 Å². The molecule has 1 heterocycles. The van der Waals surface area contributed by atoms with Crippen LogP contribution in [0.15, 0.2) is 85.1 Å². The summed E-state index contributed by atoms with van der Waals surface area (Å²) < 4.78 is 22.0. The molecule has 0 aromatic rings. The van der Waals surface area contributed by atoms with E-state index in [2.05, 4.69) is 98.9 Å². The molecular weight excluding hydrogens is 700 g/mol. The van der Waals surface area contributed by atoms with Crippen LogP contribution >= 0.6 is 0 Å². The first-order valence-electron chi connectivity index (χ1n) is 20.7. The van der Waals surface area contributed by atoms with Crippen LogP contribution in [0.3, 0.4) is 0 Å². The molecule has 0 radical (unpaired) electrons. The minimum atomic E-state index is -1.61. The zero-order valence-electron chi connectivity index (χ0n) is 33.6. The van der Waals surface area contributed by atoms with E-state index in [0.29, 0.717) is 12.8 Å². The van der Waals surface area contributed by atoms with Crippen LogP contribution in [-0.2, 0) is 28.5 Å². The van der Waals surface area contributed by atoms with Crippen LogP contribution in [-0.4, -0.2) is 89.0 Å². The lowest BCUT2D eigenvalue weighted by atomic mass is 9.99. The summed E-state index contributed by atoms with van der Waals surface area (Å²) in [5, 5.41) is 40.0. The van der Waals surface area contributed by atoms with E-state index in [1.165, 1.54) is 0 Å². The Morgan fingerprint density at radius 1 is 0.564 bits per heavy atom. The number of rotatable bonds is 32. The van der Waals surface area contributed by atoms with E-state index < -0.39 is 55.4 Å². The number of aliphatic hydroxyl groups is 4. The Bertz CT molecular complexity index is 1170. The lowest BCUT2D eigenvalue weighted by Gasteiger charge is -2.39. The van der Waals surface area contributed by atoms with Crippen LogP contribution in [0.2, 0.25) is 0 Å². The number of allylic oxidation sites excluding steroid dienone is 14. The second-order valence-corrected chi connectivity index (χ2v) is 13.7. The molecule has 312 valence electrons. The summed E-state index contributed by atoms with van der Waals surface area (Å²) in [7, 11) is 0. The predicted molar refractivity (Wildman–Crippen MR) is 219 cm³/mol. The summed E-state index contributed by atoms with van der Waals surface area (Å²) in [6, 6.07) is 0. The van der Waals surface area contributed by atoms with E-state index in [0.717, 1.165) is 89.9 Å². The molecule has 0 amide bonds. The number of unbranched alkanes of at least 4 members (excludes halogenated alkanes) is 7. The highest BCUT2D eigenvalue weighted by Crippen LogP contribution is 2.22. The second-order valence-electron chi connectivity index (χ2n) is 13.7. The molecule has 6 atom stereocenters. The van der Waals surface area contributed by atoms with Gasteiger partial charge in [-0.05, 0) is 83.5 Å². The maximum Gasteiger partial charge on any atom is 0.306 e. The van der Waals surface area contributed by atoms with Crippen molar-refractivity contribution in [1.82, 2.24) is 0 Å². The highest BCUT2D eigenvalue weighted by Gasteiger charge is 2.44. The van der Waals surface area contributed by atoms with Crippen molar-refractivity contribution in [2.24, 2.45) is 0 Å². The number of ether oxygens (including phenoxy) is 4. The molecule has 0 aromatic carbocycles. The Balaban J connectivity index is 2.42. The largest absolute Gasteiger partial charge is 0.462 e. The highest BCUT2D eigenvalue weighted by molar-refractivity contribution is 5.70. The minimum Gasteiger partial charge on any atom is -0.462 e. The third-order valence-electron chi connectivity index (χ3n) is 8.78.